The molecule has 5 heteroatoms. The smallest absolute Gasteiger partial charge is 0.118 e. The summed E-state index contributed by atoms with van der Waals surface area (Å²) in [5.74, 6) is 1.71. The summed E-state index contributed by atoms with van der Waals surface area (Å²) in [7, 11) is 1.66. The largest absolute Gasteiger partial charge is 0.497 e. The van der Waals surface area contributed by atoms with Gasteiger partial charge in [0, 0.05) is 13.1 Å². The zero-order valence-corrected chi connectivity index (χ0v) is 14.6. The fourth-order valence-electron chi connectivity index (χ4n) is 2.45. The van der Waals surface area contributed by atoms with Gasteiger partial charge in [-0.2, -0.15) is 0 Å². The molecule has 0 spiro atoms. The van der Waals surface area contributed by atoms with Gasteiger partial charge in [0.15, 0.2) is 0 Å². The van der Waals surface area contributed by atoms with Gasteiger partial charge < -0.3 is 19.0 Å². The van der Waals surface area contributed by atoms with Gasteiger partial charge in [-0.1, -0.05) is 12.1 Å². The van der Waals surface area contributed by atoms with Gasteiger partial charge in [-0.05, 0) is 43.7 Å². The fraction of sp³-hybridized carbons (Fsp3) is 0.474. The first-order chi connectivity index (χ1) is 11.6. The maximum Gasteiger partial charge on any atom is 0.118 e. The summed E-state index contributed by atoms with van der Waals surface area (Å²) in [4.78, 5) is 2.15. The van der Waals surface area contributed by atoms with Crippen LogP contribution in [0.15, 0.2) is 47.1 Å². The Morgan fingerprint density at radius 3 is 2.46 bits per heavy atom. The van der Waals surface area contributed by atoms with Gasteiger partial charge >= 0.3 is 0 Å². The molecule has 0 saturated carbocycles. The summed E-state index contributed by atoms with van der Waals surface area (Å²) >= 11 is 0. The van der Waals surface area contributed by atoms with Crippen LogP contribution < -0.4 is 4.74 Å². The second kappa shape index (κ2) is 9.47. The highest BCUT2D eigenvalue weighted by Crippen LogP contribution is 2.15. The second-order valence-electron chi connectivity index (χ2n) is 6.13. The summed E-state index contributed by atoms with van der Waals surface area (Å²) in [5.41, 5.74) is 1.15. The van der Waals surface area contributed by atoms with E-state index in [0.717, 1.165) is 17.1 Å². The third kappa shape index (κ3) is 6.35. The lowest BCUT2D eigenvalue weighted by Gasteiger charge is -2.25. The van der Waals surface area contributed by atoms with Gasteiger partial charge in [0.05, 0.1) is 38.7 Å². The van der Waals surface area contributed by atoms with Crippen molar-refractivity contribution in [1.29, 1.82) is 0 Å². The van der Waals surface area contributed by atoms with Gasteiger partial charge in [0.2, 0.25) is 0 Å². The van der Waals surface area contributed by atoms with Crippen LogP contribution >= 0.6 is 0 Å². The summed E-state index contributed by atoms with van der Waals surface area (Å²) < 4.78 is 16.1. The number of furan rings is 1. The van der Waals surface area contributed by atoms with Crippen LogP contribution in [0.1, 0.15) is 25.2 Å². The molecule has 2 rings (SSSR count). The van der Waals surface area contributed by atoms with Gasteiger partial charge in [-0.25, -0.2) is 0 Å². The Kier molecular flexibility index (Phi) is 7.31. The molecule has 1 N–H and O–H groups in total. The zero-order valence-electron chi connectivity index (χ0n) is 14.6. The highest BCUT2D eigenvalue weighted by molar-refractivity contribution is 5.27. The lowest BCUT2D eigenvalue weighted by molar-refractivity contribution is -0.0114. The summed E-state index contributed by atoms with van der Waals surface area (Å²) in [5, 5.41) is 10.2. The van der Waals surface area contributed by atoms with Crippen LogP contribution in [0.2, 0.25) is 0 Å². The Morgan fingerprint density at radius 1 is 1.12 bits per heavy atom. The van der Waals surface area contributed by atoms with Crippen molar-refractivity contribution in [3.05, 3.63) is 54.0 Å². The van der Waals surface area contributed by atoms with E-state index in [9.17, 15) is 5.11 Å². The first-order valence-corrected chi connectivity index (χ1v) is 8.24. The molecule has 2 aromatic rings. The fourth-order valence-corrected chi connectivity index (χ4v) is 2.45. The molecule has 0 aliphatic carbocycles. The maximum absolute atomic E-state index is 10.2. The average molecular weight is 333 g/mol. The molecule has 0 aliphatic rings. The molecule has 0 bridgehead atoms. The van der Waals surface area contributed by atoms with E-state index in [0.29, 0.717) is 26.2 Å². The van der Waals surface area contributed by atoms with Gasteiger partial charge in [0.1, 0.15) is 11.5 Å². The quantitative estimate of drug-likeness (QED) is 0.724. The minimum absolute atomic E-state index is 0.111. The summed E-state index contributed by atoms with van der Waals surface area (Å²) in [6.45, 7) is 6.12. The molecular formula is C19H27NO4. The number of rotatable bonds is 10. The number of hydrogen-bond acceptors (Lipinski definition) is 5. The van der Waals surface area contributed by atoms with Crippen LogP contribution in [-0.4, -0.2) is 42.5 Å². The SMILES string of the molecule is COc1ccc(CN(Cc2ccco2)CC(O)COC(C)C)cc1. The summed E-state index contributed by atoms with van der Waals surface area (Å²) in [6.07, 6.45) is 1.24. The Bertz CT molecular complexity index is 566. The number of hydrogen-bond donors (Lipinski definition) is 1. The predicted octanol–water partition coefficient (Wildman–Crippen LogP) is 3.08. The Balaban J connectivity index is 1.98. The standard InChI is InChI=1S/C19H27NO4/c1-15(2)24-14-17(21)12-20(13-19-5-4-10-23-19)11-16-6-8-18(22-3)9-7-16/h4-10,15,17,21H,11-14H2,1-3H3. The van der Waals surface area contributed by atoms with Crippen LogP contribution in [0.25, 0.3) is 0 Å². The van der Waals surface area contributed by atoms with Crippen molar-refractivity contribution in [3.63, 3.8) is 0 Å². The maximum atomic E-state index is 10.2. The molecule has 1 atom stereocenters. The van der Waals surface area contributed by atoms with E-state index in [1.807, 2.05) is 50.2 Å². The van der Waals surface area contributed by atoms with Crippen LogP contribution in [0.3, 0.4) is 0 Å². The molecule has 1 unspecified atom stereocenters. The lowest BCUT2D eigenvalue weighted by Crippen LogP contribution is -2.34. The van der Waals surface area contributed by atoms with Crippen LogP contribution in [0.5, 0.6) is 5.75 Å². The van der Waals surface area contributed by atoms with E-state index in [-0.39, 0.29) is 6.10 Å². The van der Waals surface area contributed by atoms with E-state index in [1.165, 1.54) is 0 Å². The first-order valence-electron chi connectivity index (χ1n) is 8.24. The van der Waals surface area contributed by atoms with Crippen molar-refractivity contribution >= 4 is 0 Å². The molecule has 5 nitrogen and oxygen atoms in total. The van der Waals surface area contributed by atoms with E-state index < -0.39 is 6.10 Å². The third-order valence-corrected chi connectivity index (χ3v) is 3.62. The Labute approximate surface area is 143 Å². The minimum atomic E-state index is -0.541. The molecule has 0 aliphatic heterocycles. The van der Waals surface area contributed by atoms with Crippen molar-refractivity contribution in [2.24, 2.45) is 0 Å². The topological polar surface area (TPSA) is 55.1 Å². The number of aliphatic hydroxyl groups excluding tert-OH is 1. The molecular weight excluding hydrogens is 306 g/mol. The van der Waals surface area contributed by atoms with E-state index in [1.54, 1.807) is 13.4 Å². The normalized spacial score (nSPS) is 12.8. The van der Waals surface area contributed by atoms with E-state index in [2.05, 4.69) is 4.90 Å². The highest BCUT2D eigenvalue weighted by atomic mass is 16.5. The molecule has 0 fully saturated rings. The molecule has 132 valence electrons. The number of benzene rings is 1. The zero-order chi connectivity index (χ0) is 17.4. The minimum Gasteiger partial charge on any atom is -0.497 e. The van der Waals surface area contributed by atoms with Crippen molar-refractivity contribution < 1.29 is 19.0 Å². The molecule has 1 heterocycles. The monoisotopic (exact) mass is 333 g/mol. The lowest BCUT2D eigenvalue weighted by atomic mass is 10.2. The Morgan fingerprint density at radius 2 is 1.88 bits per heavy atom. The van der Waals surface area contributed by atoms with Crippen molar-refractivity contribution in [3.8, 4) is 5.75 Å². The number of methoxy groups -OCH3 is 1. The molecule has 24 heavy (non-hydrogen) atoms. The molecule has 1 aromatic carbocycles. The van der Waals surface area contributed by atoms with Gasteiger partial charge in [-0.15, -0.1) is 0 Å². The van der Waals surface area contributed by atoms with E-state index in [4.69, 9.17) is 13.9 Å². The molecule has 0 amide bonds. The number of nitrogens with zero attached hydrogens (tertiary/aromatic N) is 1. The van der Waals surface area contributed by atoms with Crippen LogP contribution in [-0.2, 0) is 17.8 Å². The Hall–Kier alpha value is -1.82. The third-order valence-electron chi connectivity index (χ3n) is 3.62. The van der Waals surface area contributed by atoms with Crippen molar-refractivity contribution in [2.45, 2.75) is 39.1 Å². The van der Waals surface area contributed by atoms with Gasteiger partial charge in [-0.3, -0.25) is 4.90 Å². The second-order valence-corrected chi connectivity index (χ2v) is 6.13. The number of ether oxygens (including phenoxy) is 2. The number of aliphatic hydroxyl groups is 1. The first kappa shape index (κ1) is 18.5. The highest BCUT2D eigenvalue weighted by Gasteiger charge is 2.15. The van der Waals surface area contributed by atoms with Crippen molar-refractivity contribution in [1.82, 2.24) is 4.90 Å². The van der Waals surface area contributed by atoms with E-state index >= 15 is 0 Å². The predicted molar refractivity (Wildman–Crippen MR) is 92.9 cm³/mol. The van der Waals surface area contributed by atoms with Gasteiger partial charge in [0.25, 0.3) is 0 Å². The van der Waals surface area contributed by atoms with Crippen molar-refractivity contribution in [2.75, 3.05) is 20.3 Å². The molecule has 1 aromatic heterocycles. The molecule has 0 saturated heterocycles. The average Bonchev–Trinajstić information content (AvgIpc) is 3.06. The van der Waals surface area contributed by atoms with Crippen LogP contribution in [0.4, 0.5) is 0 Å². The van der Waals surface area contributed by atoms with Crippen LogP contribution in [0, 0.1) is 0 Å². The molecule has 0 radical (unpaired) electrons. The summed E-state index contributed by atoms with van der Waals surface area (Å²) in [6, 6.07) is 11.8.